The van der Waals surface area contributed by atoms with Crippen LogP contribution in [0.1, 0.15) is 27.6 Å². The molecular formula is C23H24F3N5O2S. The standard InChI is InChI=1S/C23H24F3N5O2S/c1-15-3-6-20(33-15)21(32)29-18-13-16(23(24,25)26)4-5-19(18)31-11-9-30(10-12-31)14-17-7-8-27-22(28-17)34-2/h3-8,13H,9-12,14H2,1-2H3,(H,29,32). The summed E-state index contributed by atoms with van der Waals surface area (Å²) in [6, 6.07) is 8.43. The number of carbonyl (C=O) groups is 1. The number of hydrogen-bond donors (Lipinski definition) is 1. The monoisotopic (exact) mass is 491 g/mol. The number of halogens is 3. The zero-order valence-electron chi connectivity index (χ0n) is 18.7. The van der Waals surface area contributed by atoms with Crippen molar-refractivity contribution in [1.29, 1.82) is 0 Å². The number of thioether (sulfide) groups is 1. The lowest BCUT2D eigenvalue weighted by atomic mass is 10.1. The predicted molar refractivity (Wildman–Crippen MR) is 124 cm³/mol. The number of aromatic nitrogens is 2. The summed E-state index contributed by atoms with van der Waals surface area (Å²) in [5.41, 5.74) is 0.733. The number of alkyl halides is 3. The van der Waals surface area contributed by atoms with Gasteiger partial charge in [0.25, 0.3) is 5.91 Å². The van der Waals surface area contributed by atoms with Gasteiger partial charge in [-0.25, -0.2) is 9.97 Å². The number of furan rings is 1. The maximum absolute atomic E-state index is 13.4. The Balaban J connectivity index is 1.50. The van der Waals surface area contributed by atoms with Crippen molar-refractivity contribution in [3.8, 4) is 0 Å². The van der Waals surface area contributed by atoms with Crippen LogP contribution in [0.4, 0.5) is 24.5 Å². The molecule has 0 bridgehead atoms. The molecule has 3 aromatic rings. The number of anilines is 2. The first kappa shape index (κ1) is 24.1. The molecule has 4 rings (SSSR count). The van der Waals surface area contributed by atoms with Crippen LogP contribution in [0.25, 0.3) is 0 Å². The maximum atomic E-state index is 13.4. The highest BCUT2D eigenvalue weighted by molar-refractivity contribution is 7.98. The third kappa shape index (κ3) is 5.71. The van der Waals surface area contributed by atoms with Crippen LogP contribution >= 0.6 is 11.8 Å². The van der Waals surface area contributed by atoms with Crippen molar-refractivity contribution in [1.82, 2.24) is 14.9 Å². The zero-order valence-corrected chi connectivity index (χ0v) is 19.5. The topological polar surface area (TPSA) is 74.5 Å². The van der Waals surface area contributed by atoms with Gasteiger partial charge in [0, 0.05) is 38.9 Å². The summed E-state index contributed by atoms with van der Waals surface area (Å²) in [5.74, 6) is -0.0142. The molecule has 3 heterocycles. The summed E-state index contributed by atoms with van der Waals surface area (Å²) >= 11 is 1.48. The molecule has 0 unspecified atom stereocenters. The molecule has 1 fully saturated rings. The lowest BCUT2D eigenvalue weighted by Gasteiger charge is -2.37. The first-order valence-corrected chi connectivity index (χ1v) is 11.9. The molecule has 1 N–H and O–H groups in total. The van der Waals surface area contributed by atoms with E-state index in [1.165, 1.54) is 23.9 Å². The summed E-state index contributed by atoms with van der Waals surface area (Å²) in [6.45, 7) is 4.94. The Labute approximate surface area is 199 Å². The van der Waals surface area contributed by atoms with E-state index in [1.807, 2.05) is 17.2 Å². The molecule has 1 aliphatic rings. The van der Waals surface area contributed by atoms with Crippen molar-refractivity contribution in [2.24, 2.45) is 0 Å². The van der Waals surface area contributed by atoms with Gasteiger partial charge in [0.2, 0.25) is 0 Å². The zero-order chi connectivity index (χ0) is 24.3. The van der Waals surface area contributed by atoms with Crippen LogP contribution in [-0.4, -0.2) is 53.2 Å². The molecule has 0 aliphatic carbocycles. The molecule has 2 aromatic heterocycles. The molecule has 1 aromatic carbocycles. The highest BCUT2D eigenvalue weighted by atomic mass is 32.2. The molecule has 1 amide bonds. The van der Waals surface area contributed by atoms with Crippen molar-refractivity contribution in [2.75, 3.05) is 42.7 Å². The molecule has 34 heavy (non-hydrogen) atoms. The minimum Gasteiger partial charge on any atom is -0.456 e. The number of aryl methyl sites for hydroxylation is 1. The number of nitrogens with one attached hydrogen (secondary N) is 1. The number of amides is 1. The van der Waals surface area contributed by atoms with Gasteiger partial charge in [0.15, 0.2) is 10.9 Å². The van der Waals surface area contributed by atoms with Crippen LogP contribution in [0.3, 0.4) is 0 Å². The normalized spacial score (nSPS) is 14.9. The average molecular weight is 492 g/mol. The van der Waals surface area contributed by atoms with Crippen molar-refractivity contribution in [3.63, 3.8) is 0 Å². The fourth-order valence-electron chi connectivity index (χ4n) is 3.77. The lowest BCUT2D eigenvalue weighted by Crippen LogP contribution is -2.46. The van der Waals surface area contributed by atoms with Crippen LogP contribution in [0.2, 0.25) is 0 Å². The number of rotatable bonds is 6. The molecule has 11 heteroatoms. The Hall–Kier alpha value is -3.05. The predicted octanol–water partition coefficient (Wildman–Crippen LogP) is 4.69. The van der Waals surface area contributed by atoms with E-state index in [2.05, 4.69) is 20.2 Å². The van der Waals surface area contributed by atoms with Crippen LogP contribution in [0, 0.1) is 6.92 Å². The van der Waals surface area contributed by atoms with E-state index >= 15 is 0 Å². The summed E-state index contributed by atoms with van der Waals surface area (Å²) < 4.78 is 45.4. The highest BCUT2D eigenvalue weighted by Crippen LogP contribution is 2.36. The van der Waals surface area contributed by atoms with Crippen molar-refractivity contribution < 1.29 is 22.4 Å². The number of piperazine rings is 1. The second-order valence-electron chi connectivity index (χ2n) is 7.89. The van der Waals surface area contributed by atoms with E-state index in [0.717, 1.165) is 17.8 Å². The third-order valence-electron chi connectivity index (χ3n) is 5.51. The second-order valence-corrected chi connectivity index (χ2v) is 8.67. The van der Waals surface area contributed by atoms with E-state index < -0.39 is 17.6 Å². The molecule has 180 valence electrons. The average Bonchev–Trinajstić information content (AvgIpc) is 3.26. The molecule has 1 aliphatic heterocycles. The third-order valence-corrected chi connectivity index (χ3v) is 6.07. The molecule has 0 radical (unpaired) electrons. The van der Waals surface area contributed by atoms with Gasteiger partial charge in [-0.2, -0.15) is 13.2 Å². The maximum Gasteiger partial charge on any atom is 0.416 e. The Morgan fingerprint density at radius 1 is 1.15 bits per heavy atom. The molecular weight excluding hydrogens is 467 g/mol. The van der Waals surface area contributed by atoms with Gasteiger partial charge in [0.05, 0.1) is 22.6 Å². The fourth-order valence-corrected chi connectivity index (χ4v) is 4.14. The summed E-state index contributed by atoms with van der Waals surface area (Å²) in [4.78, 5) is 25.5. The highest BCUT2D eigenvalue weighted by Gasteiger charge is 2.32. The van der Waals surface area contributed by atoms with Crippen molar-refractivity contribution in [3.05, 3.63) is 65.4 Å². The van der Waals surface area contributed by atoms with Crippen LogP contribution in [-0.2, 0) is 12.7 Å². The number of hydrogen-bond acceptors (Lipinski definition) is 7. The van der Waals surface area contributed by atoms with Crippen molar-refractivity contribution in [2.45, 2.75) is 24.8 Å². The molecule has 0 saturated carbocycles. The van der Waals surface area contributed by atoms with E-state index in [0.29, 0.717) is 49.3 Å². The van der Waals surface area contributed by atoms with E-state index in [9.17, 15) is 18.0 Å². The van der Waals surface area contributed by atoms with Gasteiger partial charge in [-0.1, -0.05) is 11.8 Å². The van der Waals surface area contributed by atoms with Gasteiger partial charge >= 0.3 is 6.18 Å². The largest absolute Gasteiger partial charge is 0.456 e. The Bertz CT molecular complexity index is 1160. The van der Waals surface area contributed by atoms with Crippen molar-refractivity contribution >= 4 is 29.0 Å². The summed E-state index contributed by atoms with van der Waals surface area (Å²) in [6.07, 6.45) is -0.863. The van der Waals surface area contributed by atoms with E-state index in [-0.39, 0.29) is 11.4 Å². The SMILES string of the molecule is CSc1nccc(CN2CCN(c3ccc(C(F)(F)F)cc3NC(=O)c3ccc(C)o3)CC2)n1. The van der Waals surface area contributed by atoms with Gasteiger partial charge in [0.1, 0.15) is 5.76 Å². The van der Waals surface area contributed by atoms with Crippen LogP contribution < -0.4 is 10.2 Å². The van der Waals surface area contributed by atoms with Crippen LogP contribution in [0.15, 0.2) is 52.2 Å². The molecule has 0 atom stereocenters. The van der Waals surface area contributed by atoms with Gasteiger partial charge in [-0.3, -0.25) is 9.69 Å². The van der Waals surface area contributed by atoms with E-state index in [4.69, 9.17) is 4.42 Å². The summed E-state index contributed by atoms with van der Waals surface area (Å²) in [7, 11) is 0. The smallest absolute Gasteiger partial charge is 0.416 e. The first-order chi connectivity index (χ1) is 16.2. The number of benzene rings is 1. The Kier molecular flexibility index (Phi) is 7.13. The first-order valence-electron chi connectivity index (χ1n) is 10.6. The van der Waals surface area contributed by atoms with Gasteiger partial charge in [-0.15, -0.1) is 0 Å². The van der Waals surface area contributed by atoms with E-state index in [1.54, 1.807) is 19.2 Å². The Morgan fingerprint density at radius 2 is 1.91 bits per heavy atom. The minimum absolute atomic E-state index is 0.0418. The lowest BCUT2D eigenvalue weighted by molar-refractivity contribution is -0.137. The van der Waals surface area contributed by atoms with Gasteiger partial charge in [-0.05, 0) is 49.6 Å². The molecule has 7 nitrogen and oxygen atoms in total. The number of carbonyl (C=O) groups excluding carboxylic acids is 1. The fraction of sp³-hybridized carbons (Fsp3) is 0.348. The second kappa shape index (κ2) is 10.1. The molecule has 1 saturated heterocycles. The quantitative estimate of drug-likeness (QED) is 0.396. The Morgan fingerprint density at radius 3 is 2.56 bits per heavy atom. The van der Waals surface area contributed by atoms with Crippen LogP contribution in [0.5, 0.6) is 0 Å². The number of nitrogens with zero attached hydrogens (tertiary/aromatic N) is 4. The summed E-state index contributed by atoms with van der Waals surface area (Å²) in [5, 5.41) is 3.32. The molecule has 0 spiro atoms. The minimum atomic E-state index is -4.52. The van der Waals surface area contributed by atoms with Gasteiger partial charge < -0.3 is 14.6 Å².